The molecule has 2 rings (SSSR count). The number of aliphatic hydroxyl groups is 1. The Bertz CT molecular complexity index is 541. The van der Waals surface area contributed by atoms with Gasteiger partial charge in [0, 0.05) is 38.4 Å². The van der Waals surface area contributed by atoms with Crippen LogP contribution in [0.15, 0.2) is 24.3 Å². The molecule has 8 heteroatoms. The number of piperazine rings is 1. The third-order valence-corrected chi connectivity index (χ3v) is 3.64. The lowest BCUT2D eigenvalue weighted by atomic mass is 10.3. The Morgan fingerprint density at radius 2 is 1.83 bits per heavy atom. The lowest BCUT2D eigenvalue weighted by Crippen LogP contribution is -2.50. The highest BCUT2D eigenvalue weighted by Crippen LogP contribution is 2.17. The van der Waals surface area contributed by atoms with Gasteiger partial charge in [0.25, 0.3) is 0 Å². The first-order valence-electron chi connectivity index (χ1n) is 7.96. The van der Waals surface area contributed by atoms with E-state index in [9.17, 15) is 9.59 Å². The quantitative estimate of drug-likeness (QED) is 0.623. The van der Waals surface area contributed by atoms with Gasteiger partial charge in [-0.05, 0) is 31.2 Å². The van der Waals surface area contributed by atoms with Crippen molar-refractivity contribution in [3.63, 3.8) is 0 Å². The van der Waals surface area contributed by atoms with Crippen LogP contribution < -0.4 is 10.1 Å². The Hall–Kier alpha value is -2.32. The Morgan fingerprint density at radius 1 is 1.17 bits per heavy atom. The van der Waals surface area contributed by atoms with Gasteiger partial charge >= 0.3 is 12.2 Å². The van der Waals surface area contributed by atoms with Crippen LogP contribution in [0.25, 0.3) is 0 Å². The average molecular weight is 337 g/mol. The summed E-state index contributed by atoms with van der Waals surface area (Å²) in [7, 11) is 0. The van der Waals surface area contributed by atoms with Gasteiger partial charge < -0.3 is 24.8 Å². The Morgan fingerprint density at radius 3 is 2.42 bits per heavy atom. The van der Waals surface area contributed by atoms with Gasteiger partial charge in [0.2, 0.25) is 0 Å². The highest BCUT2D eigenvalue weighted by atomic mass is 16.7. The normalized spacial score (nSPS) is 15.0. The van der Waals surface area contributed by atoms with Crippen LogP contribution in [0.4, 0.5) is 15.3 Å². The number of benzene rings is 1. The molecule has 1 fully saturated rings. The van der Waals surface area contributed by atoms with Crippen molar-refractivity contribution in [2.45, 2.75) is 6.92 Å². The number of rotatable bonds is 5. The molecule has 24 heavy (non-hydrogen) atoms. The van der Waals surface area contributed by atoms with Crippen LogP contribution in [0, 0.1) is 0 Å². The fourth-order valence-corrected chi connectivity index (χ4v) is 2.37. The number of hydrogen-bond donors (Lipinski definition) is 2. The summed E-state index contributed by atoms with van der Waals surface area (Å²) in [6, 6.07) is 6.33. The van der Waals surface area contributed by atoms with E-state index in [4.69, 9.17) is 9.84 Å². The maximum absolute atomic E-state index is 12.2. The van der Waals surface area contributed by atoms with E-state index < -0.39 is 6.16 Å². The summed E-state index contributed by atoms with van der Waals surface area (Å²) in [5.74, 6) is 0.351. The predicted molar refractivity (Wildman–Crippen MR) is 88.2 cm³/mol. The third-order valence-electron chi connectivity index (χ3n) is 3.64. The molecule has 0 aliphatic carbocycles. The van der Waals surface area contributed by atoms with E-state index in [1.807, 2.05) is 0 Å². The number of ether oxygens (including phenoxy) is 2. The van der Waals surface area contributed by atoms with Gasteiger partial charge in [-0.15, -0.1) is 0 Å². The van der Waals surface area contributed by atoms with Gasteiger partial charge in [0.15, 0.2) is 0 Å². The summed E-state index contributed by atoms with van der Waals surface area (Å²) < 4.78 is 9.64. The van der Waals surface area contributed by atoms with Gasteiger partial charge in [-0.2, -0.15) is 0 Å². The second-order valence-electron chi connectivity index (χ2n) is 5.29. The molecule has 1 saturated heterocycles. The number of hydrogen-bond acceptors (Lipinski definition) is 6. The largest absolute Gasteiger partial charge is 0.513 e. The highest BCUT2D eigenvalue weighted by molar-refractivity contribution is 5.89. The molecule has 1 aliphatic rings. The number of β-amino-alcohol motifs (C(OH)–C–C–N with tert-alkyl or cyclic N) is 1. The fraction of sp³-hybridized carbons (Fsp3) is 0.500. The van der Waals surface area contributed by atoms with E-state index in [0.717, 1.165) is 13.1 Å². The summed E-state index contributed by atoms with van der Waals surface area (Å²) in [5.41, 5.74) is 0.619. The first-order valence-corrected chi connectivity index (χ1v) is 7.96. The van der Waals surface area contributed by atoms with Crippen LogP contribution in [-0.2, 0) is 4.74 Å². The van der Waals surface area contributed by atoms with E-state index in [0.29, 0.717) is 31.1 Å². The van der Waals surface area contributed by atoms with Crippen molar-refractivity contribution in [3.8, 4) is 5.75 Å². The summed E-state index contributed by atoms with van der Waals surface area (Å²) in [5, 5.41) is 11.7. The van der Waals surface area contributed by atoms with E-state index >= 15 is 0 Å². The number of nitrogens with zero attached hydrogens (tertiary/aromatic N) is 2. The minimum absolute atomic E-state index is 0.131. The van der Waals surface area contributed by atoms with Crippen molar-refractivity contribution in [2.24, 2.45) is 0 Å². The molecule has 0 atom stereocenters. The standard InChI is InChI=1S/C16H23N3O5/c1-2-23-16(22)24-14-5-3-13(4-6-14)17-15(21)19-9-7-18(8-10-19)11-12-20/h3-6,20H,2,7-12H2,1H3,(H,17,21). The van der Waals surface area contributed by atoms with E-state index in [1.165, 1.54) is 0 Å². The zero-order valence-corrected chi connectivity index (χ0v) is 13.7. The molecule has 0 spiro atoms. The number of carbonyl (C=O) groups excluding carboxylic acids is 2. The summed E-state index contributed by atoms with van der Waals surface area (Å²) in [4.78, 5) is 27.3. The first-order chi connectivity index (χ1) is 11.6. The van der Waals surface area contributed by atoms with Gasteiger partial charge in [0.1, 0.15) is 5.75 Å². The number of aliphatic hydroxyl groups excluding tert-OH is 1. The molecule has 2 N–H and O–H groups in total. The molecular formula is C16H23N3O5. The van der Waals surface area contributed by atoms with Crippen molar-refractivity contribution in [3.05, 3.63) is 24.3 Å². The molecule has 2 amide bonds. The number of carbonyl (C=O) groups is 2. The topological polar surface area (TPSA) is 91.3 Å². The molecule has 1 aromatic carbocycles. The maximum atomic E-state index is 12.2. The molecule has 8 nitrogen and oxygen atoms in total. The minimum atomic E-state index is -0.755. The van der Waals surface area contributed by atoms with Crippen LogP contribution in [0.3, 0.4) is 0 Å². The molecule has 132 valence electrons. The van der Waals surface area contributed by atoms with Gasteiger partial charge in [-0.25, -0.2) is 9.59 Å². The average Bonchev–Trinajstić information content (AvgIpc) is 2.58. The van der Waals surface area contributed by atoms with E-state index in [-0.39, 0.29) is 19.2 Å². The highest BCUT2D eigenvalue weighted by Gasteiger charge is 2.20. The number of urea groups is 1. The first kappa shape index (κ1) is 18.0. The van der Waals surface area contributed by atoms with Crippen molar-refractivity contribution < 1.29 is 24.2 Å². The lowest BCUT2D eigenvalue weighted by Gasteiger charge is -2.34. The van der Waals surface area contributed by atoms with E-state index in [1.54, 1.807) is 36.1 Å². The molecule has 0 aromatic heterocycles. The maximum Gasteiger partial charge on any atom is 0.513 e. The number of anilines is 1. The second-order valence-corrected chi connectivity index (χ2v) is 5.29. The molecule has 0 radical (unpaired) electrons. The smallest absolute Gasteiger partial charge is 0.434 e. The van der Waals surface area contributed by atoms with Gasteiger partial charge in [0.05, 0.1) is 13.2 Å². The zero-order valence-electron chi connectivity index (χ0n) is 13.7. The van der Waals surface area contributed by atoms with Crippen LogP contribution >= 0.6 is 0 Å². The van der Waals surface area contributed by atoms with Gasteiger partial charge in [-0.3, -0.25) is 4.90 Å². The summed E-state index contributed by atoms with van der Waals surface area (Å²) in [6.45, 7) is 5.46. The van der Waals surface area contributed by atoms with Crippen LogP contribution in [0.5, 0.6) is 5.75 Å². The number of nitrogens with one attached hydrogen (secondary N) is 1. The second kappa shape index (κ2) is 9.09. The SMILES string of the molecule is CCOC(=O)Oc1ccc(NC(=O)N2CCN(CCO)CC2)cc1. The molecule has 1 aliphatic heterocycles. The lowest BCUT2D eigenvalue weighted by molar-refractivity contribution is 0.104. The number of amides is 2. The third kappa shape index (κ3) is 5.39. The Kier molecular flexibility index (Phi) is 6.83. The van der Waals surface area contributed by atoms with Crippen molar-refractivity contribution >= 4 is 17.9 Å². The Labute approximate surface area is 140 Å². The molecule has 0 saturated carbocycles. The molecule has 0 bridgehead atoms. The summed E-state index contributed by atoms with van der Waals surface area (Å²) in [6.07, 6.45) is -0.755. The molecular weight excluding hydrogens is 314 g/mol. The summed E-state index contributed by atoms with van der Waals surface area (Å²) >= 11 is 0. The van der Waals surface area contributed by atoms with Gasteiger partial charge in [-0.1, -0.05) is 0 Å². The van der Waals surface area contributed by atoms with Crippen LogP contribution in [0.1, 0.15) is 6.92 Å². The van der Waals surface area contributed by atoms with Crippen LogP contribution in [-0.4, -0.2) is 73.0 Å². The molecule has 1 aromatic rings. The van der Waals surface area contributed by atoms with Crippen molar-refractivity contribution in [2.75, 3.05) is 51.3 Å². The van der Waals surface area contributed by atoms with Crippen molar-refractivity contribution in [1.82, 2.24) is 9.80 Å². The molecule has 1 heterocycles. The minimum Gasteiger partial charge on any atom is -0.434 e. The Balaban J connectivity index is 1.81. The van der Waals surface area contributed by atoms with E-state index in [2.05, 4.69) is 15.0 Å². The molecule has 0 unspecified atom stereocenters. The van der Waals surface area contributed by atoms with Crippen molar-refractivity contribution in [1.29, 1.82) is 0 Å². The zero-order chi connectivity index (χ0) is 17.4. The fourth-order valence-electron chi connectivity index (χ4n) is 2.37. The van der Waals surface area contributed by atoms with Crippen LogP contribution in [0.2, 0.25) is 0 Å². The monoisotopic (exact) mass is 337 g/mol. The predicted octanol–water partition coefficient (Wildman–Crippen LogP) is 1.36.